The molecule has 1 unspecified atom stereocenters. The molecule has 0 aliphatic heterocycles. The van der Waals surface area contributed by atoms with Crippen LogP contribution in [0.25, 0.3) is 0 Å². The van der Waals surface area contributed by atoms with Gasteiger partial charge in [-0.3, -0.25) is 0 Å². The van der Waals surface area contributed by atoms with Crippen LogP contribution in [0.1, 0.15) is 24.6 Å². The Balaban J connectivity index is 2.30. The molecule has 2 N–H and O–H groups in total. The summed E-state index contributed by atoms with van der Waals surface area (Å²) in [7, 11) is 0. The van der Waals surface area contributed by atoms with Gasteiger partial charge in [-0.1, -0.05) is 19.1 Å². The Labute approximate surface area is 122 Å². The summed E-state index contributed by atoms with van der Waals surface area (Å²) in [5.74, 6) is -0.249. The van der Waals surface area contributed by atoms with E-state index in [0.29, 0.717) is 16.5 Å². The number of benzene rings is 1. The van der Waals surface area contributed by atoms with Crippen molar-refractivity contribution >= 4 is 11.8 Å². The van der Waals surface area contributed by atoms with Crippen molar-refractivity contribution in [2.75, 3.05) is 0 Å². The Bertz CT molecular complexity index is 589. The molecule has 0 spiro atoms. The van der Waals surface area contributed by atoms with Gasteiger partial charge < -0.3 is 5.73 Å². The van der Waals surface area contributed by atoms with E-state index in [1.54, 1.807) is 12.3 Å². The summed E-state index contributed by atoms with van der Waals surface area (Å²) in [5, 5.41) is 0.557. The van der Waals surface area contributed by atoms with Gasteiger partial charge in [-0.15, -0.1) is 0 Å². The Morgan fingerprint density at radius 3 is 2.85 bits per heavy atom. The van der Waals surface area contributed by atoms with E-state index in [-0.39, 0.29) is 11.9 Å². The zero-order valence-electron chi connectivity index (χ0n) is 11.6. The second-order valence-electron chi connectivity index (χ2n) is 4.68. The average molecular weight is 291 g/mol. The molecule has 2 rings (SSSR count). The number of nitrogens with zero attached hydrogens (tertiary/aromatic N) is 2. The van der Waals surface area contributed by atoms with Gasteiger partial charge in [-0.05, 0) is 49.2 Å². The summed E-state index contributed by atoms with van der Waals surface area (Å²) in [5.41, 5.74) is 7.76. The monoisotopic (exact) mass is 291 g/mol. The smallest absolute Gasteiger partial charge is 0.192 e. The zero-order chi connectivity index (χ0) is 14.5. The van der Waals surface area contributed by atoms with Gasteiger partial charge in [0, 0.05) is 17.9 Å². The predicted molar refractivity (Wildman–Crippen MR) is 79.3 cm³/mol. The molecule has 1 aromatic heterocycles. The van der Waals surface area contributed by atoms with E-state index in [0.717, 1.165) is 17.7 Å². The van der Waals surface area contributed by atoms with Crippen molar-refractivity contribution in [1.29, 1.82) is 0 Å². The van der Waals surface area contributed by atoms with Crippen LogP contribution < -0.4 is 5.73 Å². The van der Waals surface area contributed by atoms with E-state index < -0.39 is 0 Å². The molecule has 5 heteroatoms. The van der Waals surface area contributed by atoms with E-state index in [4.69, 9.17) is 5.73 Å². The summed E-state index contributed by atoms with van der Waals surface area (Å²) in [6.45, 7) is 3.92. The van der Waals surface area contributed by atoms with Crippen LogP contribution in [0.5, 0.6) is 0 Å². The molecule has 106 valence electrons. The maximum atomic E-state index is 14.1. The first kappa shape index (κ1) is 14.9. The minimum Gasteiger partial charge on any atom is -0.327 e. The standard InChI is InChI=1S/C15H18FN3S/c1-3-12(17)9-11-5-4-6-13(16)14(11)20-15-18-8-7-10(2)19-15/h4-8,12H,3,9,17H2,1-2H3. The predicted octanol–water partition coefficient (Wildman–Crippen LogP) is 3.36. The molecule has 2 aromatic rings. The van der Waals surface area contributed by atoms with Crippen molar-refractivity contribution in [3.63, 3.8) is 0 Å². The van der Waals surface area contributed by atoms with Crippen molar-refractivity contribution in [2.45, 2.75) is 42.8 Å². The van der Waals surface area contributed by atoms with Crippen LogP contribution >= 0.6 is 11.8 Å². The fraction of sp³-hybridized carbons (Fsp3) is 0.333. The van der Waals surface area contributed by atoms with Gasteiger partial charge >= 0.3 is 0 Å². The maximum Gasteiger partial charge on any atom is 0.192 e. The highest BCUT2D eigenvalue weighted by Gasteiger charge is 2.13. The van der Waals surface area contributed by atoms with Gasteiger partial charge in [0.05, 0.1) is 4.90 Å². The molecule has 0 saturated heterocycles. The first-order chi connectivity index (χ1) is 9.60. The molecule has 0 radical (unpaired) electrons. The quantitative estimate of drug-likeness (QED) is 0.858. The zero-order valence-corrected chi connectivity index (χ0v) is 12.5. The lowest BCUT2D eigenvalue weighted by Crippen LogP contribution is -2.21. The highest BCUT2D eigenvalue weighted by atomic mass is 32.2. The average Bonchev–Trinajstić information content (AvgIpc) is 2.42. The Hall–Kier alpha value is -1.46. The summed E-state index contributed by atoms with van der Waals surface area (Å²) < 4.78 is 14.1. The summed E-state index contributed by atoms with van der Waals surface area (Å²) in [4.78, 5) is 9.05. The van der Waals surface area contributed by atoms with E-state index in [1.165, 1.54) is 17.8 Å². The van der Waals surface area contributed by atoms with Crippen molar-refractivity contribution in [3.05, 3.63) is 47.5 Å². The largest absolute Gasteiger partial charge is 0.327 e. The topological polar surface area (TPSA) is 51.8 Å². The first-order valence-electron chi connectivity index (χ1n) is 6.60. The summed E-state index contributed by atoms with van der Waals surface area (Å²) in [6, 6.07) is 6.94. The highest BCUT2D eigenvalue weighted by molar-refractivity contribution is 7.99. The van der Waals surface area contributed by atoms with Gasteiger partial charge in [0.25, 0.3) is 0 Å². The van der Waals surface area contributed by atoms with Crippen LogP contribution in [0.3, 0.4) is 0 Å². The van der Waals surface area contributed by atoms with E-state index in [2.05, 4.69) is 9.97 Å². The number of hydrogen-bond donors (Lipinski definition) is 1. The van der Waals surface area contributed by atoms with Gasteiger partial charge in [0.1, 0.15) is 5.82 Å². The second-order valence-corrected chi connectivity index (χ2v) is 5.66. The SMILES string of the molecule is CCC(N)Cc1cccc(F)c1Sc1nccc(C)n1. The molecule has 0 fully saturated rings. The first-order valence-corrected chi connectivity index (χ1v) is 7.42. The molecule has 0 bridgehead atoms. The fourth-order valence-electron chi connectivity index (χ4n) is 1.82. The van der Waals surface area contributed by atoms with E-state index >= 15 is 0 Å². The minimum absolute atomic E-state index is 0.0366. The van der Waals surface area contributed by atoms with Crippen molar-refractivity contribution in [3.8, 4) is 0 Å². The molecule has 20 heavy (non-hydrogen) atoms. The normalized spacial score (nSPS) is 12.4. The number of hydrogen-bond acceptors (Lipinski definition) is 4. The van der Waals surface area contributed by atoms with Crippen LogP contribution in [-0.2, 0) is 6.42 Å². The molecule has 0 aliphatic carbocycles. The lowest BCUT2D eigenvalue weighted by molar-refractivity contribution is 0.585. The highest BCUT2D eigenvalue weighted by Crippen LogP contribution is 2.31. The molecule has 0 amide bonds. The number of aromatic nitrogens is 2. The Kier molecular flexibility index (Phi) is 5.09. The Morgan fingerprint density at radius 1 is 1.35 bits per heavy atom. The summed E-state index contributed by atoms with van der Waals surface area (Å²) in [6.07, 6.45) is 3.20. The van der Waals surface area contributed by atoms with Crippen LogP contribution in [0.15, 0.2) is 40.5 Å². The number of aryl methyl sites for hydroxylation is 1. The van der Waals surface area contributed by atoms with Gasteiger partial charge in [0.2, 0.25) is 0 Å². The maximum absolute atomic E-state index is 14.1. The third kappa shape index (κ3) is 3.77. The number of halogens is 1. The third-order valence-electron chi connectivity index (χ3n) is 3.02. The molecule has 0 saturated carbocycles. The van der Waals surface area contributed by atoms with Gasteiger partial charge in [-0.2, -0.15) is 0 Å². The lowest BCUT2D eigenvalue weighted by Gasteiger charge is -2.13. The summed E-state index contributed by atoms with van der Waals surface area (Å²) >= 11 is 1.25. The van der Waals surface area contributed by atoms with Crippen molar-refractivity contribution in [2.24, 2.45) is 5.73 Å². The second kappa shape index (κ2) is 6.81. The Morgan fingerprint density at radius 2 is 2.15 bits per heavy atom. The molecule has 0 aliphatic rings. The molecule has 3 nitrogen and oxygen atoms in total. The fourth-order valence-corrected chi connectivity index (χ4v) is 2.76. The van der Waals surface area contributed by atoms with Crippen LogP contribution in [-0.4, -0.2) is 16.0 Å². The van der Waals surface area contributed by atoms with Crippen LogP contribution in [0, 0.1) is 12.7 Å². The molecular weight excluding hydrogens is 273 g/mol. The molecular formula is C15H18FN3S. The molecule has 1 heterocycles. The molecule has 1 aromatic carbocycles. The van der Waals surface area contributed by atoms with Gasteiger partial charge in [0.15, 0.2) is 5.16 Å². The molecule has 1 atom stereocenters. The van der Waals surface area contributed by atoms with Crippen molar-refractivity contribution in [1.82, 2.24) is 9.97 Å². The van der Waals surface area contributed by atoms with Crippen LogP contribution in [0.2, 0.25) is 0 Å². The minimum atomic E-state index is -0.249. The van der Waals surface area contributed by atoms with Gasteiger partial charge in [-0.25, -0.2) is 14.4 Å². The van der Waals surface area contributed by atoms with E-state index in [9.17, 15) is 4.39 Å². The van der Waals surface area contributed by atoms with E-state index in [1.807, 2.05) is 26.0 Å². The third-order valence-corrected chi connectivity index (χ3v) is 4.06. The number of rotatable bonds is 5. The van der Waals surface area contributed by atoms with Crippen LogP contribution in [0.4, 0.5) is 4.39 Å². The lowest BCUT2D eigenvalue weighted by atomic mass is 10.0. The van der Waals surface area contributed by atoms with Crippen molar-refractivity contribution < 1.29 is 4.39 Å². The number of nitrogens with two attached hydrogens (primary N) is 1.